The molecule has 0 saturated carbocycles. The highest BCUT2D eigenvalue weighted by atomic mass is 32.2. The minimum atomic E-state index is -0.273. The Hall–Kier alpha value is -3.59. The van der Waals surface area contributed by atoms with Crippen LogP contribution < -0.4 is 15.6 Å². The zero-order valence-electron chi connectivity index (χ0n) is 18.5. The Morgan fingerprint density at radius 1 is 1.21 bits per heavy atom. The number of fused-ring (bicyclic) bond motifs is 2. The van der Waals surface area contributed by atoms with Gasteiger partial charge in [0.05, 0.1) is 25.0 Å². The van der Waals surface area contributed by atoms with E-state index in [1.807, 2.05) is 37.3 Å². The molecule has 2 aromatic heterocycles. The minimum Gasteiger partial charge on any atom is -0.497 e. The number of nitrogens with zero attached hydrogens (tertiary/aromatic N) is 4. The maximum absolute atomic E-state index is 13.3. The molecule has 1 amide bonds. The van der Waals surface area contributed by atoms with Gasteiger partial charge in [-0.25, -0.2) is 9.67 Å². The third kappa shape index (κ3) is 3.89. The van der Waals surface area contributed by atoms with Crippen molar-refractivity contribution < 1.29 is 9.53 Å². The lowest BCUT2D eigenvalue weighted by Gasteiger charge is -2.14. The number of amides is 1. The highest BCUT2D eigenvalue weighted by Crippen LogP contribution is 2.33. The van der Waals surface area contributed by atoms with Gasteiger partial charge >= 0.3 is 0 Å². The van der Waals surface area contributed by atoms with Crippen molar-refractivity contribution in [2.75, 3.05) is 18.2 Å². The van der Waals surface area contributed by atoms with Crippen molar-refractivity contribution >= 4 is 34.4 Å². The van der Waals surface area contributed by atoms with Gasteiger partial charge in [-0.1, -0.05) is 23.9 Å². The molecule has 168 valence electrons. The van der Waals surface area contributed by atoms with E-state index in [4.69, 9.17) is 9.72 Å². The summed E-state index contributed by atoms with van der Waals surface area (Å²) >= 11 is 1.48. The van der Waals surface area contributed by atoms with Gasteiger partial charge in [-0.15, -0.1) is 0 Å². The second-order valence-corrected chi connectivity index (χ2v) is 9.07. The first-order valence-corrected chi connectivity index (χ1v) is 11.6. The molecule has 1 aliphatic heterocycles. The van der Waals surface area contributed by atoms with Gasteiger partial charge in [-0.3, -0.25) is 14.2 Å². The number of methoxy groups -OCH3 is 1. The summed E-state index contributed by atoms with van der Waals surface area (Å²) in [6.07, 6.45) is 1.74. The van der Waals surface area contributed by atoms with E-state index in [1.165, 1.54) is 17.3 Å². The molecule has 0 spiro atoms. The van der Waals surface area contributed by atoms with E-state index in [1.54, 1.807) is 34.7 Å². The van der Waals surface area contributed by atoms with Crippen LogP contribution in [0.15, 0.2) is 58.6 Å². The summed E-state index contributed by atoms with van der Waals surface area (Å²) in [4.78, 5) is 30.8. The number of carbonyl (C=O) groups is 1. The molecular formula is C24H23N5O3S. The van der Waals surface area contributed by atoms with Crippen LogP contribution in [0.2, 0.25) is 0 Å². The number of hydrogen-bond donors (Lipinski definition) is 1. The Kier molecular flexibility index (Phi) is 5.41. The van der Waals surface area contributed by atoms with E-state index in [9.17, 15) is 9.59 Å². The lowest BCUT2D eigenvalue weighted by Crippen LogP contribution is -2.27. The largest absolute Gasteiger partial charge is 0.497 e. The predicted octanol–water partition coefficient (Wildman–Crippen LogP) is 3.88. The van der Waals surface area contributed by atoms with Crippen LogP contribution in [0, 0.1) is 13.8 Å². The molecular weight excluding hydrogens is 438 g/mol. The van der Waals surface area contributed by atoms with Gasteiger partial charge < -0.3 is 10.1 Å². The van der Waals surface area contributed by atoms with Crippen molar-refractivity contribution in [3.8, 4) is 11.4 Å². The first-order valence-electron chi connectivity index (χ1n) is 10.6. The number of nitrogens with one attached hydrogen (secondary N) is 1. The lowest BCUT2D eigenvalue weighted by atomic mass is 10.1. The third-order valence-electron chi connectivity index (χ3n) is 5.88. The van der Waals surface area contributed by atoms with Gasteiger partial charge in [-0.05, 0) is 49.2 Å². The van der Waals surface area contributed by atoms with Crippen molar-refractivity contribution in [3.63, 3.8) is 0 Å². The molecule has 1 atom stereocenters. The molecule has 33 heavy (non-hydrogen) atoms. The molecule has 8 nitrogen and oxygen atoms in total. The van der Waals surface area contributed by atoms with Crippen LogP contribution in [0.5, 0.6) is 5.75 Å². The lowest BCUT2D eigenvalue weighted by molar-refractivity contribution is -0.116. The number of hydrogen-bond acceptors (Lipinski definition) is 6. The van der Waals surface area contributed by atoms with Crippen molar-refractivity contribution in [2.45, 2.75) is 31.5 Å². The molecule has 1 aliphatic rings. The fraction of sp³-hybridized carbons (Fsp3) is 0.250. The molecule has 1 unspecified atom stereocenters. The fourth-order valence-electron chi connectivity index (χ4n) is 3.95. The topological polar surface area (TPSA) is 91.0 Å². The Bertz CT molecular complexity index is 1440. The van der Waals surface area contributed by atoms with E-state index in [-0.39, 0.29) is 23.9 Å². The molecule has 0 radical (unpaired) electrons. The molecule has 0 fully saturated rings. The SMILES string of the molecule is COc1cccc(NC(=O)CC2CSc3nc4c(cnn4-c4ccc(C)c(C)c4)c(=O)n32)c1. The van der Waals surface area contributed by atoms with E-state index < -0.39 is 0 Å². The maximum Gasteiger partial charge on any atom is 0.265 e. The van der Waals surface area contributed by atoms with Crippen LogP contribution in [0.3, 0.4) is 0 Å². The fourth-order valence-corrected chi connectivity index (χ4v) is 5.08. The van der Waals surface area contributed by atoms with Crippen molar-refractivity contribution in [1.82, 2.24) is 19.3 Å². The predicted molar refractivity (Wildman–Crippen MR) is 129 cm³/mol. The van der Waals surface area contributed by atoms with Gasteiger partial charge in [0.1, 0.15) is 11.1 Å². The van der Waals surface area contributed by atoms with Crippen LogP contribution in [-0.4, -0.2) is 38.1 Å². The number of aryl methyl sites for hydroxylation is 2. The molecule has 0 saturated heterocycles. The average molecular weight is 462 g/mol. The van der Waals surface area contributed by atoms with Gasteiger partial charge in [0.2, 0.25) is 5.91 Å². The molecule has 0 aliphatic carbocycles. The average Bonchev–Trinajstić information content (AvgIpc) is 3.41. The number of aromatic nitrogens is 4. The van der Waals surface area contributed by atoms with Crippen LogP contribution in [-0.2, 0) is 4.79 Å². The molecule has 9 heteroatoms. The van der Waals surface area contributed by atoms with E-state index in [2.05, 4.69) is 17.3 Å². The summed E-state index contributed by atoms with van der Waals surface area (Å²) in [5.74, 6) is 1.11. The summed E-state index contributed by atoms with van der Waals surface area (Å²) in [6, 6.07) is 13.0. The highest BCUT2D eigenvalue weighted by molar-refractivity contribution is 7.99. The summed E-state index contributed by atoms with van der Waals surface area (Å²) in [5.41, 5.74) is 4.21. The van der Waals surface area contributed by atoms with Gasteiger partial charge in [-0.2, -0.15) is 5.10 Å². The minimum absolute atomic E-state index is 0.167. The number of anilines is 1. The third-order valence-corrected chi connectivity index (χ3v) is 6.98. The summed E-state index contributed by atoms with van der Waals surface area (Å²) in [7, 11) is 1.58. The second-order valence-electron chi connectivity index (χ2n) is 8.08. The molecule has 3 heterocycles. The van der Waals surface area contributed by atoms with Crippen molar-refractivity contribution in [2.24, 2.45) is 0 Å². The quantitative estimate of drug-likeness (QED) is 0.454. The smallest absolute Gasteiger partial charge is 0.265 e. The maximum atomic E-state index is 13.3. The Balaban J connectivity index is 1.43. The zero-order valence-corrected chi connectivity index (χ0v) is 19.3. The monoisotopic (exact) mass is 461 g/mol. The normalized spacial score (nSPS) is 14.9. The van der Waals surface area contributed by atoms with Gasteiger partial charge in [0, 0.05) is 23.9 Å². The number of carbonyl (C=O) groups excluding carboxylic acids is 1. The number of rotatable bonds is 5. The first-order chi connectivity index (χ1) is 15.9. The molecule has 4 aromatic rings. The molecule has 2 aromatic carbocycles. The van der Waals surface area contributed by atoms with Crippen molar-refractivity contribution in [1.29, 1.82) is 0 Å². The van der Waals surface area contributed by atoms with Crippen LogP contribution in [0.25, 0.3) is 16.7 Å². The van der Waals surface area contributed by atoms with E-state index in [0.717, 1.165) is 11.3 Å². The van der Waals surface area contributed by atoms with E-state index >= 15 is 0 Å². The van der Waals surface area contributed by atoms with Crippen LogP contribution >= 0.6 is 11.8 Å². The number of thioether (sulfide) groups is 1. The van der Waals surface area contributed by atoms with Gasteiger partial charge in [0.25, 0.3) is 5.56 Å². The van der Waals surface area contributed by atoms with Crippen molar-refractivity contribution in [3.05, 3.63) is 70.1 Å². The molecule has 1 N–H and O–H groups in total. The van der Waals surface area contributed by atoms with Crippen LogP contribution in [0.4, 0.5) is 5.69 Å². The molecule has 0 bridgehead atoms. The second kappa shape index (κ2) is 8.40. The molecule has 5 rings (SSSR count). The van der Waals surface area contributed by atoms with Gasteiger partial charge in [0.15, 0.2) is 10.8 Å². The Morgan fingerprint density at radius 3 is 2.85 bits per heavy atom. The number of ether oxygens (including phenoxy) is 1. The van der Waals surface area contributed by atoms with E-state index in [0.29, 0.717) is 33.4 Å². The zero-order chi connectivity index (χ0) is 23.1. The Labute approximate surface area is 194 Å². The number of benzene rings is 2. The summed E-state index contributed by atoms with van der Waals surface area (Å²) < 4.78 is 8.53. The highest BCUT2D eigenvalue weighted by Gasteiger charge is 2.29. The summed E-state index contributed by atoms with van der Waals surface area (Å²) in [6.45, 7) is 4.10. The van der Waals surface area contributed by atoms with Crippen LogP contribution in [0.1, 0.15) is 23.6 Å². The summed E-state index contributed by atoms with van der Waals surface area (Å²) in [5, 5.41) is 8.37. The standard InChI is InChI=1S/C24H23N5O3S/c1-14-7-8-17(9-15(14)2)29-22-20(12-25-29)23(31)28-18(13-33-24(28)27-22)11-21(30)26-16-5-4-6-19(10-16)32-3/h4-10,12,18H,11,13H2,1-3H3,(H,26,30). The Morgan fingerprint density at radius 2 is 2.06 bits per heavy atom. The first kappa shape index (κ1) is 21.3.